The zero-order valence-electron chi connectivity index (χ0n) is 10.1. The van der Waals surface area contributed by atoms with Crippen molar-refractivity contribution in [1.29, 1.82) is 0 Å². The third-order valence-electron chi connectivity index (χ3n) is 2.47. The van der Waals surface area contributed by atoms with Crippen LogP contribution in [0.15, 0.2) is 48.7 Å². The van der Waals surface area contributed by atoms with E-state index in [9.17, 15) is 0 Å². The van der Waals surface area contributed by atoms with Crippen LogP contribution < -0.4 is 4.74 Å². The second kappa shape index (κ2) is 6.22. The van der Waals surface area contributed by atoms with E-state index in [2.05, 4.69) is 4.98 Å². The molecule has 2 aromatic rings. The molecule has 0 radical (unpaired) electrons. The van der Waals surface area contributed by atoms with E-state index < -0.39 is 0 Å². The van der Waals surface area contributed by atoms with Crippen LogP contribution in [0.3, 0.4) is 0 Å². The first-order valence-electron chi connectivity index (χ1n) is 5.74. The number of benzene rings is 1. The van der Waals surface area contributed by atoms with Crippen molar-refractivity contribution in [1.82, 2.24) is 4.98 Å². The van der Waals surface area contributed by atoms with E-state index in [4.69, 9.17) is 16.3 Å². The second-order valence-corrected chi connectivity index (χ2v) is 4.01. The Labute approximate surface area is 112 Å². The average Bonchev–Trinajstić information content (AvgIpc) is 2.42. The van der Waals surface area contributed by atoms with Gasteiger partial charge in [0.2, 0.25) is 5.88 Å². The van der Waals surface area contributed by atoms with Gasteiger partial charge in [0.1, 0.15) is 5.75 Å². The summed E-state index contributed by atoms with van der Waals surface area (Å²) in [5.41, 5.74) is 1.90. The van der Waals surface area contributed by atoms with E-state index in [0.717, 1.165) is 16.9 Å². The average molecular weight is 260 g/mol. The number of alkyl halides is 1. The van der Waals surface area contributed by atoms with Gasteiger partial charge >= 0.3 is 0 Å². The molecule has 2 rings (SSSR count). The molecular weight excluding hydrogens is 246 g/mol. The molecule has 0 saturated heterocycles. The van der Waals surface area contributed by atoms with E-state index >= 15 is 0 Å². The topological polar surface area (TPSA) is 22.1 Å². The third-order valence-corrected chi connectivity index (χ3v) is 2.75. The van der Waals surface area contributed by atoms with Gasteiger partial charge in [0.15, 0.2) is 0 Å². The summed E-state index contributed by atoms with van der Waals surface area (Å²) in [4.78, 5) is 4.22. The summed E-state index contributed by atoms with van der Waals surface area (Å²) in [6, 6.07) is 11.6. The Morgan fingerprint density at radius 1 is 1.22 bits per heavy atom. The minimum absolute atomic E-state index is 0.384. The Kier molecular flexibility index (Phi) is 4.37. The lowest BCUT2D eigenvalue weighted by atomic mass is 10.2. The molecule has 18 heavy (non-hydrogen) atoms. The van der Waals surface area contributed by atoms with Gasteiger partial charge in [0, 0.05) is 17.3 Å². The number of hydrogen-bond donors (Lipinski definition) is 0. The number of para-hydroxylation sites is 1. The summed E-state index contributed by atoms with van der Waals surface area (Å²) in [6.45, 7) is 1.97. The Hall–Kier alpha value is -1.80. The van der Waals surface area contributed by atoms with E-state index in [1.54, 1.807) is 6.20 Å². The molecule has 0 bridgehead atoms. The number of pyridine rings is 1. The van der Waals surface area contributed by atoms with Crippen LogP contribution in [0, 0.1) is 0 Å². The van der Waals surface area contributed by atoms with Crippen molar-refractivity contribution in [2.45, 2.75) is 12.8 Å². The number of rotatable bonds is 4. The molecule has 0 saturated carbocycles. The van der Waals surface area contributed by atoms with Gasteiger partial charge in [-0.2, -0.15) is 0 Å². The number of hydrogen-bond acceptors (Lipinski definition) is 2. The molecule has 92 valence electrons. The zero-order valence-corrected chi connectivity index (χ0v) is 10.9. The highest BCUT2D eigenvalue weighted by Crippen LogP contribution is 2.27. The standard InChI is InChI=1S/C15H14ClNO/c1-2-6-12-7-3-4-9-14(12)18-15-13(11-16)8-5-10-17-15/h2-10H,11H2,1H3/b6-2+. The smallest absolute Gasteiger partial charge is 0.223 e. The van der Waals surface area contributed by atoms with Gasteiger partial charge < -0.3 is 4.74 Å². The van der Waals surface area contributed by atoms with Crippen LogP contribution in [-0.4, -0.2) is 4.98 Å². The van der Waals surface area contributed by atoms with Crippen molar-refractivity contribution in [3.63, 3.8) is 0 Å². The summed E-state index contributed by atoms with van der Waals surface area (Å²) < 4.78 is 5.84. The summed E-state index contributed by atoms with van der Waals surface area (Å²) >= 11 is 5.87. The maximum atomic E-state index is 5.87. The Bertz CT molecular complexity index is 552. The van der Waals surface area contributed by atoms with Gasteiger partial charge in [-0.1, -0.05) is 36.4 Å². The number of aromatic nitrogens is 1. The molecule has 0 aliphatic rings. The first-order chi connectivity index (χ1) is 8.85. The highest BCUT2D eigenvalue weighted by Gasteiger charge is 2.06. The van der Waals surface area contributed by atoms with Crippen molar-refractivity contribution in [2.24, 2.45) is 0 Å². The van der Waals surface area contributed by atoms with E-state index in [-0.39, 0.29) is 0 Å². The second-order valence-electron chi connectivity index (χ2n) is 3.74. The quantitative estimate of drug-likeness (QED) is 0.746. The molecule has 0 aliphatic carbocycles. The first kappa shape index (κ1) is 12.7. The fourth-order valence-electron chi connectivity index (χ4n) is 1.61. The molecule has 1 heterocycles. The fraction of sp³-hybridized carbons (Fsp3) is 0.133. The molecule has 0 unspecified atom stereocenters. The number of nitrogens with zero attached hydrogens (tertiary/aromatic N) is 1. The van der Waals surface area contributed by atoms with Crippen LogP contribution in [0.1, 0.15) is 18.1 Å². The van der Waals surface area contributed by atoms with Gasteiger partial charge in [-0.15, -0.1) is 11.6 Å². The van der Waals surface area contributed by atoms with Crippen molar-refractivity contribution >= 4 is 17.7 Å². The Morgan fingerprint density at radius 2 is 2.06 bits per heavy atom. The SMILES string of the molecule is C/C=C/c1ccccc1Oc1ncccc1CCl. The van der Waals surface area contributed by atoms with Crippen LogP contribution in [0.2, 0.25) is 0 Å². The highest BCUT2D eigenvalue weighted by atomic mass is 35.5. The fourth-order valence-corrected chi connectivity index (χ4v) is 1.82. The molecule has 0 N–H and O–H groups in total. The van der Waals surface area contributed by atoms with Crippen LogP contribution in [0.5, 0.6) is 11.6 Å². The maximum Gasteiger partial charge on any atom is 0.223 e. The minimum atomic E-state index is 0.384. The van der Waals surface area contributed by atoms with Gasteiger partial charge in [-0.05, 0) is 19.1 Å². The molecule has 0 spiro atoms. The predicted molar refractivity (Wildman–Crippen MR) is 75.0 cm³/mol. The van der Waals surface area contributed by atoms with Gasteiger partial charge in [-0.25, -0.2) is 4.98 Å². The van der Waals surface area contributed by atoms with Crippen molar-refractivity contribution < 1.29 is 4.74 Å². The van der Waals surface area contributed by atoms with Crippen LogP contribution in [-0.2, 0) is 5.88 Å². The third kappa shape index (κ3) is 2.90. The molecule has 0 fully saturated rings. The number of ether oxygens (including phenoxy) is 1. The summed E-state index contributed by atoms with van der Waals surface area (Å²) in [6.07, 6.45) is 5.67. The normalized spacial score (nSPS) is 10.8. The summed E-state index contributed by atoms with van der Waals surface area (Å²) in [5.74, 6) is 1.72. The van der Waals surface area contributed by atoms with E-state index in [1.807, 2.05) is 55.5 Å². The van der Waals surface area contributed by atoms with Crippen LogP contribution in [0.25, 0.3) is 6.08 Å². The monoisotopic (exact) mass is 259 g/mol. The van der Waals surface area contributed by atoms with Crippen molar-refractivity contribution in [3.8, 4) is 11.6 Å². The molecule has 2 nitrogen and oxygen atoms in total. The summed E-state index contributed by atoms with van der Waals surface area (Å²) in [5, 5.41) is 0. The number of halogens is 1. The van der Waals surface area contributed by atoms with E-state index in [0.29, 0.717) is 11.8 Å². The lowest BCUT2D eigenvalue weighted by molar-refractivity contribution is 0.457. The molecule has 1 aromatic heterocycles. The molecule has 1 aromatic carbocycles. The van der Waals surface area contributed by atoms with Gasteiger partial charge in [-0.3, -0.25) is 0 Å². The molecule has 0 aliphatic heterocycles. The minimum Gasteiger partial charge on any atom is -0.438 e. The van der Waals surface area contributed by atoms with Crippen LogP contribution >= 0.6 is 11.6 Å². The first-order valence-corrected chi connectivity index (χ1v) is 6.28. The largest absolute Gasteiger partial charge is 0.438 e. The van der Waals surface area contributed by atoms with Crippen molar-refractivity contribution in [3.05, 3.63) is 59.8 Å². The molecule has 0 atom stereocenters. The Balaban J connectivity index is 2.34. The molecule has 3 heteroatoms. The van der Waals surface area contributed by atoms with Crippen molar-refractivity contribution in [2.75, 3.05) is 0 Å². The highest BCUT2D eigenvalue weighted by molar-refractivity contribution is 6.17. The number of allylic oxidation sites excluding steroid dienone is 1. The molecular formula is C15H14ClNO. The lowest BCUT2D eigenvalue weighted by Crippen LogP contribution is -1.93. The van der Waals surface area contributed by atoms with E-state index in [1.165, 1.54) is 0 Å². The summed E-state index contributed by atoms with van der Waals surface area (Å²) in [7, 11) is 0. The zero-order chi connectivity index (χ0) is 12.8. The Morgan fingerprint density at radius 3 is 2.83 bits per heavy atom. The molecule has 0 amide bonds. The van der Waals surface area contributed by atoms with Gasteiger partial charge in [0.05, 0.1) is 5.88 Å². The lowest BCUT2D eigenvalue weighted by Gasteiger charge is -2.10. The maximum absolute atomic E-state index is 5.87. The van der Waals surface area contributed by atoms with Gasteiger partial charge in [0.25, 0.3) is 0 Å². The van der Waals surface area contributed by atoms with Crippen LogP contribution in [0.4, 0.5) is 0 Å². The predicted octanol–water partition coefficient (Wildman–Crippen LogP) is 4.65.